The third-order valence-corrected chi connectivity index (χ3v) is 3.75. The standard InChI is InChI=1S/C16H17NO2S/c1-11-8-12(2)17-16(9-11)20-10-15(18)13-4-6-14(19-3)7-5-13/h4-9H,10H2,1-3H3. The van der Waals surface area contributed by atoms with E-state index in [1.165, 1.54) is 11.8 Å². The van der Waals surface area contributed by atoms with Crippen LogP contribution in [-0.4, -0.2) is 23.6 Å². The van der Waals surface area contributed by atoms with E-state index in [0.29, 0.717) is 11.3 Å². The summed E-state index contributed by atoms with van der Waals surface area (Å²) < 4.78 is 5.08. The van der Waals surface area contributed by atoms with Gasteiger partial charge in [-0.15, -0.1) is 0 Å². The number of pyridine rings is 1. The highest BCUT2D eigenvalue weighted by atomic mass is 32.2. The van der Waals surface area contributed by atoms with E-state index in [2.05, 4.69) is 4.98 Å². The quantitative estimate of drug-likeness (QED) is 0.621. The van der Waals surface area contributed by atoms with Crippen LogP contribution in [0.5, 0.6) is 5.75 Å². The Labute approximate surface area is 123 Å². The summed E-state index contributed by atoms with van der Waals surface area (Å²) in [6.07, 6.45) is 0. The lowest BCUT2D eigenvalue weighted by Crippen LogP contribution is -2.02. The highest BCUT2D eigenvalue weighted by molar-refractivity contribution is 7.99. The first-order valence-electron chi connectivity index (χ1n) is 6.34. The van der Waals surface area contributed by atoms with Crippen molar-refractivity contribution in [3.8, 4) is 5.75 Å². The SMILES string of the molecule is COc1ccc(C(=O)CSc2cc(C)cc(C)n2)cc1. The highest BCUT2D eigenvalue weighted by Gasteiger charge is 2.08. The summed E-state index contributed by atoms with van der Waals surface area (Å²) in [5.74, 6) is 1.24. The fourth-order valence-electron chi connectivity index (χ4n) is 1.88. The van der Waals surface area contributed by atoms with Crippen LogP contribution in [0.3, 0.4) is 0 Å². The van der Waals surface area contributed by atoms with Gasteiger partial charge in [-0.2, -0.15) is 0 Å². The molecule has 0 aliphatic carbocycles. The number of hydrogen-bond acceptors (Lipinski definition) is 4. The summed E-state index contributed by atoms with van der Waals surface area (Å²) in [5, 5.41) is 0.893. The number of aromatic nitrogens is 1. The molecule has 0 radical (unpaired) electrons. The van der Waals surface area contributed by atoms with Crippen LogP contribution in [0.25, 0.3) is 0 Å². The zero-order valence-corrected chi connectivity index (χ0v) is 12.7. The fourth-order valence-corrected chi connectivity index (χ4v) is 2.80. The minimum atomic E-state index is 0.0959. The number of nitrogens with zero attached hydrogens (tertiary/aromatic N) is 1. The molecule has 1 aromatic heterocycles. The second kappa shape index (κ2) is 6.57. The number of carbonyl (C=O) groups is 1. The van der Waals surface area contributed by atoms with E-state index in [1.807, 2.05) is 26.0 Å². The molecule has 0 fully saturated rings. The van der Waals surface area contributed by atoms with E-state index >= 15 is 0 Å². The molecule has 0 atom stereocenters. The van der Waals surface area contributed by atoms with Gasteiger partial charge in [0.05, 0.1) is 17.9 Å². The Kier molecular flexibility index (Phi) is 4.79. The Bertz CT molecular complexity index is 588. The number of thioether (sulfide) groups is 1. The maximum Gasteiger partial charge on any atom is 0.173 e. The summed E-state index contributed by atoms with van der Waals surface area (Å²) in [6.45, 7) is 3.99. The third kappa shape index (κ3) is 3.84. The van der Waals surface area contributed by atoms with Gasteiger partial charge in [-0.1, -0.05) is 11.8 Å². The molecule has 0 saturated carbocycles. The van der Waals surface area contributed by atoms with Crippen molar-refractivity contribution in [2.75, 3.05) is 12.9 Å². The van der Waals surface area contributed by atoms with Crippen molar-refractivity contribution in [2.45, 2.75) is 18.9 Å². The smallest absolute Gasteiger partial charge is 0.173 e. The van der Waals surface area contributed by atoms with Gasteiger partial charge in [0.15, 0.2) is 5.78 Å². The average Bonchev–Trinajstić information content (AvgIpc) is 2.44. The second-order valence-electron chi connectivity index (χ2n) is 4.56. The van der Waals surface area contributed by atoms with Crippen molar-refractivity contribution >= 4 is 17.5 Å². The Morgan fingerprint density at radius 3 is 2.50 bits per heavy atom. The van der Waals surface area contributed by atoms with Gasteiger partial charge in [-0.3, -0.25) is 4.79 Å². The van der Waals surface area contributed by atoms with Crippen molar-refractivity contribution < 1.29 is 9.53 Å². The molecule has 0 unspecified atom stereocenters. The first kappa shape index (κ1) is 14.6. The lowest BCUT2D eigenvalue weighted by Gasteiger charge is -2.04. The predicted molar refractivity (Wildman–Crippen MR) is 81.8 cm³/mol. The van der Waals surface area contributed by atoms with E-state index < -0.39 is 0 Å². The minimum Gasteiger partial charge on any atom is -0.497 e. The van der Waals surface area contributed by atoms with Crippen LogP contribution in [-0.2, 0) is 0 Å². The molecule has 1 aromatic carbocycles. The number of carbonyl (C=O) groups excluding carboxylic acids is 1. The number of hydrogen-bond donors (Lipinski definition) is 0. The van der Waals surface area contributed by atoms with E-state index in [1.54, 1.807) is 31.4 Å². The van der Waals surface area contributed by atoms with E-state index in [4.69, 9.17) is 4.74 Å². The van der Waals surface area contributed by atoms with Gasteiger partial charge >= 0.3 is 0 Å². The predicted octanol–water partition coefficient (Wildman–Crippen LogP) is 3.68. The number of rotatable bonds is 5. The molecule has 0 saturated heterocycles. The Balaban J connectivity index is 2.00. The third-order valence-electron chi connectivity index (χ3n) is 2.84. The minimum absolute atomic E-state index is 0.0959. The normalized spacial score (nSPS) is 10.3. The van der Waals surface area contributed by atoms with Crippen LogP contribution in [0.15, 0.2) is 41.4 Å². The van der Waals surface area contributed by atoms with Crippen LogP contribution in [0.1, 0.15) is 21.6 Å². The monoisotopic (exact) mass is 287 g/mol. The molecule has 3 nitrogen and oxygen atoms in total. The number of Topliss-reactive ketones (excluding diaryl/α,β-unsaturated/α-hetero) is 1. The molecule has 20 heavy (non-hydrogen) atoms. The number of methoxy groups -OCH3 is 1. The Hall–Kier alpha value is -1.81. The van der Waals surface area contributed by atoms with Gasteiger partial charge in [0.25, 0.3) is 0 Å². The largest absolute Gasteiger partial charge is 0.497 e. The van der Waals surface area contributed by atoms with E-state index in [9.17, 15) is 4.79 Å². The number of ether oxygens (including phenoxy) is 1. The molecule has 0 N–H and O–H groups in total. The van der Waals surface area contributed by atoms with Crippen molar-refractivity contribution in [1.29, 1.82) is 0 Å². The van der Waals surface area contributed by atoms with Crippen molar-refractivity contribution in [3.63, 3.8) is 0 Å². The van der Waals surface area contributed by atoms with Crippen molar-refractivity contribution in [3.05, 3.63) is 53.2 Å². The van der Waals surface area contributed by atoms with Gasteiger partial charge in [0.2, 0.25) is 0 Å². The first-order chi connectivity index (χ1) is 9.58. The summed E-state index contributed by atoms with van der Waals surface area (Å²) in [4.78, 5) is 16.5. The van der Waals surface area contributed by atoms with Gasteiger partial charge in [-0.25, -0.2) is 4.98 Å². The summed E-state index contributed by atoms with van der Waals surface area (Å²) in [7, 11) is 1.61. The zero-order chi connectivity index (χ0) is 14.5. The van der Waals surface area contributed by atoms with Crippen LogP contribution in [0.2, 0.25) is 0 Å². The number of ketones is 1. The van der Waals surface area contributed by atoms with Crippen LogP contribution >= 0.6 is 11.8 Å². The van der Waals surface area contributed by atoms with Gasteiger partial charge < -0.3 is 4.74 Å². The molecular weight excluding hydrogens is 270 g/mol. The lowest BCUT2D eigenvalue weighted by molar-refractivity contribution is 0.102. The summed E-state index contributed by atoms with van der Waals surface area (Å²) in [6, 6.07) is 11.2. The molecule has 1 heterocycles. The van der Waals surface area contributed by atoms with Crippen molar-refractivity contribution in [2.24, 2.45) is 0 Å². The first-order valence-corrected chi connectivity index (χ1v) is 7.32. The molecule has 0 bridgehead atoms. The molecule has 104 valence electrons. The lowest BCUT2D eigenvalue weighted by atomic mass is 10.1. The molecule has 0 aliphatic heterocycles. The van der Waals surface area contributed by atoms with Gasteiger partial charge in [-0.05, 0) is 55.8 Å². The van der Waals surface area contributed by atoms with Crippen molar-refractivity contribution in [1.82, 2.24) is 4.98 Å². The fraction of sp³-hybridized carbons (Fsp3) is 0.250. The molecular formula is C16H17NO2S. The van der Waals surface area contributed by atoms with Crippen LogP contribution in [0.4, 0.5) is 0 Å². The van der Waals surface area contributed by atoms with Crippen LogP contribution in [0, 0.1) is 13.8 Å². The maximum absolute atomic E-state index is 12.1. The van der Waals surface area contributed by atoms with E-state index in [-0.39, 0.29) is 5.78 Å². The molecule has 4 heteroatoms. The van der Waals surface area contributed by atoms with Gasteiger partial charge in [0, 0.05) is 11.3 Å². The molecule has 2 rings (SSSR count). The molecule has 0 spiro atoms. The van der Waals surface area contributed by atoms with Gasteiger partial charge in [0.1, 0.15) is 5.75 Å². The topological polar surface area (TPSA) is 39.2 Å². The Morgan fingerprint density at radius 2 is 1.90 bits per heavy atom. The average molecular weight is 287 g/mol. The number of aryl methyl sites for hydroxylation is 2. The van der Waals surface area contributed by atoms with E-state index in [0.717, 1.165) is 22.0 Å². The Morgan fingerprint density at radius 1 is 1.20 bits per heavy atom. The number of benzene rings is 1. The van der Waals surface area contributed by atoms with Crippen LogP contribution < -0.4 is 4.74 Å². The highest BCUT2D eigenvalue weighted by Crippen LogP contribution is 2.20. The second-order valence-corrected chi connectivity index (χ2v) is 5.56. The maximum atomic E-state index is 12.1. The summed E-state index contributed by atoms with van der Waals surface area (Å²) >= 11 is 1.47. The zero-order valence-electron chi connectivity index (χ0n) is 11.8. The molecule has 0 aliphatic rings. The molecule has 0 amide bonds. The summed E-state index contributed by atoms with van der Waals surface area (Å²) in [5.41, 5.74) is 2.84. The molecule has 2 aromatic rings.